The summed E-state index contributed by atoms with van der Waals surface area (Å²) in [7, 11) is 0. The van der Waals surface area contributed by atoms with Crippen LogP contribution < -0.4 is 14.9 Å². The van der Waals surface area contributed by atoms with Crippen LogP contribution in [0, 0.1) is 0 Å². The lowest BCUT2D eigenvalue weighted by Crippen LogP contribution is -2.18. The molecule has 6 heteroatoms. The summed E-state index contributed by atoms with van der Waals surface area (Å²) < 4.78 is 11.2. The second kappa shape index (κ2) is 10.7. The maximum Gasteiger partial charge on any atom is 0.343 e. The molecular formula is C31H24N2O4. The normalized spacial score (nSPS) is 11.1. The van der Waals surface area contributed by atoms with Gasteiger partial charge in [-0.15, -0.1) is 0 Å². The molecule has 182 valence electrons. The summed E-state index contributed by atoms with van der Waals surface area (Å²) in [5.41, 5.74) is 4.11. The molecule has 0 aromatic heterocycles. The van der Waals surface area contributed by atoms with Gasteiger partial charge in [-0.2, -0.15) is 5.10 Å². The van der Waals surface area contributed by atoms with Crippen LogP contribution in [0.2, 0.25) is 0 Å². The molecule has 0 atom stereocenters. The standard InChI is InChI=1S/C31H24N2O4/c1-2-36-24-17-14-23(15-18-24)31(35)37-29-19-16-22-9-4-6-12-26(22)28(29)20-32-33-30(34)27-13-7-10-21-8-3-5-11-25(21)27/h3-20H,2H2,1H3,(H,33,34)/b32-20+. The van der Waals surface area contributed by atoms with E-state index in [1.807, 2.05) is 73.7 Å². The van der Waals surface area contributed by atoms with Gasteiger partial charge in [-0.3, -0.25) is 4.79 Å². The first kappa shape index (κ1) is 23.8. The third kappa shape index (κ3) is 5.18. The molecular weight excluding hydrogens is 464 g/mol. The predicted molar refractivity (Wildman–Crippen MR) is 146 cm³/mol. The smallest absolute Gasteiger partial charge is 0.343 e. The number of ether oxygens (including phenoxy) is 2. The molecule has 5 rings (SSSR count). The minimum Gasteiger partial charge on any atom is -0.494 e. The maximum absolute atomic E-state index is 12.9. The molecule has 6 nitrogen and oxygen atoms in total. The highest BCUT2D eigenvalue weighted by Crippen LogP contribution is 2.28. The minimum atomic E-state index is -0.507. The Morgan fingerprint density at radius 3 is 2.22 bits per heavy atom. The van der Waals surface area contributed by atoms with Crippen molar-refractivity contribution in [2.24, 2.45) is 5.10 Å². The highest BCUT2D eigenvalue weighted by molar-refractivity contribution is 6.08. The van der Waals surface area contributed by atoms with E-state index < -0.39 is 5.97 Å². The van der Waals surface area contributed by atoms with Crippen LogP contribution in [0.15, 0.2) is 108 Å². The van der Waals surface area contributed by atoms with Crippen molar-refractivity contribution in [3.05, 3.63) is 120 Å². The summed E-state index contributed by atoms with van der Waals surface area (Å²) >= 11 is 0. The van der Waals surface area contributed by atoms with Gasteiger partial charge in [0.1, 0.15) is 11.5 Å². The van der Waals surface area contributed by atoms with Crippen LogP contribution in [-0.4, -0.2) is 24.7 Å². The Hall–Kier alpha value is -4.97. The molecule has 0 heterocycles. The zero-order chi connectivity index (χ0) is 25.6. The van der Waals surface area contributed by atoms with Gasteiger partial charge in [-0.25, -0.2) is 10.2 Å². The lowest BCUT2D eigenvalue weighted by molar-refractivity contribution is 0.0734. The molecule has 0 bridgehead atoms. The van der Waals surface area contributed by atoms with Crippen LogP contribution in [0.25, 0.3) is 21.5 Å². The Kier molecular flexibility index (Phi) is 6.90. The SMILES string of the molecule is CCOc1ccc(C(=O)Oc2ccc3ccccc3c2/C=N/NC(=O)c2cccc3ccccc23)cc1. The number of rotatable bonds is 7. The quantitative estimate of drug-likeness (QED) is 0.125. The number of hydrogen-bond donors (Lipinski definition) is 1. The summed E-state index contributed by atoms with van der Waals surface area (Å²) in [6, 6.07) is 31.3. The van der Waals surface area contributed by atoms with Crippen LogP contribution in [-0.2, 0) is 0 Å². The van der Waals surface area contributed by atoms with Gasteiger partial charge >= 0.3 is 5.97 Å². The number of hydrogen-bond acceptors (Lipinski definition) is 5. The van der Waals surface area contributed by atoms with Crippen molar-refractivity contribution < 1.29 is 19.1 Å². The minimum absolute atomic E-state index is 0.332. The summed E-state index contributed by atoms with van der Waals surface area (Å²) in [6.07, 6.45) is 1.51. The number of nitrogens with zero attached hydrogens (tertiary/aromatic N) is 1. The van der Waals surface area contributed by atoms with Gasteiger partial charge < -0.3 is 9.47 Å². The maximum atomic E-state index is 12.9. The second-order valence-corrected chi connectivity index (χ2v) is 8.27. The lowest BCUT2D eigenvalue weighted by Gasteiger charge is -2.11. The number of hydrazone groups is 1. The van der Waals surface area contributed by atoms with E-state index in [-0.39, 0.29) is 5.91 Å². The van der Waals surface area contributed by atoms with E-state index in [9.17, 15) is 9.59 Å². The van der Waals surface area contributed by atoms with E-state index in [2.05, 4.69) is 10.5 Å². The van der Waals surface area contributed by atoms with Gasteiger partial charge in [0.05, 0.1) is 18.4 Å². The third-order valence-corrected chi connectivity index (χ3v) is 5.93. The van der Waals surface area contributed by atoms with E-state index in [1.165, 1.54) is 6.21 Å². The van der Waals surface area contributed by atoms with Crippen molar-refractivity contribution >= 4 is 39.6 Å². The van der Waals surface area contributed by atoms with E-state index in [4.69, 9.17) is 9.47 Å². The van der Waals surface area contributed by atoms with Crippen LogP contribution in [0.4, 0.5) is 0 Å². The summed E-state index contributed by atoms with van der Waals surface area (Å²) in [5, 5.41) is 7.81. The molecule has 0 aliphatic rings. The average molecular weight is 489 g/mol. The number of fused-ring (bicyclic) bond motifs is 2. The molecule has 0 radical (unpaired) electrons. The number of amides is 1. The van der Waals surface area contributed by atoms with Crippen LogP contribution in [0.3, 0.4) is 0 Å². The average Bonchev–Trinajstić information content (AvgIpc) is 2.94. The Bertz CT molecular complexity index is 1620. The molecule has 5 aromatic rings. The first-order valence-corrected chi connectivity index (χ1v) is 11.9. The third-order valence-electron chi connectivity index (χ3n) is 5.93. The zero-order valence-corrected chi connectivity index (χ0v) is 20.2. The van der Waals surface area contributed by atoms with E-state index in [1.54, 1.807) is 36.4 Å². The van der Waals surface area contributed by atoms with Gasteiger partial charge in [0.25, 0.3) is 5.91 Å². The van der Waals surface area contributed by atoms with Crippen LogP contribution >= 0.6 is 0 Å². The van der Waals surface area contributed by atoms with Crippen LogP contribution in [0.5, 0.6) is 11.5 Å². The molecule has 0 saturated heterocycles. The summed E-state index contributed by atoms with van der Waals surface area (Å²) in [5.74, 6) is 0.175. The van der Waals surface area contributed by atoms with E-state index in [0.717, 1.165) is 21.5 Å². The molecule has 37 heavy (non-hydrogen) atoms. The molecule has 1 N–H and O–H groups in total. The Morgan fingerprint density at radius 2 is 1.46 bits per heavy atom. The fourth-order valence-electron chi connectivity index (χ4n) is 4.15. The molecule has 0 saturated carbocycles. The molecule has 1 amide bonds. The van der Waals surface area contributed by atoms with Crippen LogP contribution in [0.1, 0.15) is 33.2 Å². The molecule has 0 aliphatic heterocycles. The predicted octanol–water partition coefficient (Wildman–Crippen LogP) is 6.37. The Balaban J connectivity index is 1.42. The second-order valence-electron chi connectivity index (χ2n) is 8.27. The Morgan fingerprint density at radius 1 is 0.784 bits per heavy atom. The topological polar surface area (TPSA) is 77.0 Å². The van der Waals surface area contributed by atoms with Crippen molar-refractivity contribution in [2.45, 2.75) is 6.92 Å². The number of esters is 1. The van der Waals surface area contributed by atoms with Gasteiger partial charge in [-0.05, 0) is 64.9 Å². The lowest BCUT2D eigenvalue weighted by atomic mass is 10.0. The molecule has 0 unspecified atom stereocenters. The molecule has 0 fully saturated rings. The van der Waals surface area contributed by atoms with Crippen molar-refractivity contribution in [1.29, 1.82) is 0 Å². The van der Waals surface area contributed by atoms with Gasteiger partial charge in [-0.1, -0.05) is 66.7 Å². The Labute approximate surface area is 214 Å². The van der Waals surface area contributed by atoms with Gasteiger partial charge in [0.2, 0.25) is 0 Å². The number of benzene rings is 5. The summed E-state index contributed by atoms with van der Waals surface area (Å²) in [4.78, 5) is 25.8. The fourth-order valence-corrected chi connectivity index (χ4v) is 4.15. The van der Waals surface area contributed by atoms with Crippen molar-refractivity contribution in [2.75, 3.05) is 6.61 Å². The number of nitrogens with one attached hydrogen (secondary N) is 1. The van der Waals surface area contributed by atoms with E-state index in [0.29, 0.717) is 34.8 Å². The number of carbonyl (C=O) groups is 2. The largest absolute Gasteiger partial charge is 0.494 e. The van der Waals surface area contributed by atoms with Crippen molar-refractivity contribution in [3.8, 4) is 11.5 Å². The highest BCUT2D eigenvalue weighted by Gasteiger charge is 2.14. The monoisotopic (exact) mass is 488 g/mol. The van der Waals surface area contributed by atoms with E-state index >= 15 is 0 Å². The van der Waals surface area contributed by atoms with Crippen molar-refractivity contribution in [3.63, 3.8) is 0 Å². The number of carbonyl (C=O) groups excluding carboxylic acids is 2. The summed E-state index contributed by atoms with van der Waals surface area (Å²) in [6.45, 7) is 2.44. The molecule has 5 aromatic carbocycles. The van der Waals surface area contributed by atoms with Crippen molar-refractivity contribution in [1.82, 2.24) is 5.43 Å². The fraction of sp³-hybridized carbons (Fsp3) is 0.0645. The first-order valence-electron chi connectivity index (χ1n) is 11.9. The van der Waals surface area contributed by atoms with Gasteiger partial charge in [0.15, 0.2) is 0 Å². The zero-order valence-electron chi connectivity index (χ0n) is 20.2. The first-order chi connectivity index (χ1) is 18.1. The molecule has 0 spiro atoms. The highest BCUT2D eigenvalue weighted by atomic mass is 16.5. The molecule has 0 aliphatic carbocycles. The van der Waals surface area contributed by atoms with Gasteiger partial charge in [0, 0.05) is 11.1 Å².